The number of hydrogen-bond acceptors (Lipinski definition) is 3. The van der Waals surface area contributed by atoms with Crippen LogP contribution in [0.1, 0.15) is 11.1 Å². The number of para-hydroxylation sites is 1. The first-order chi connectivity index (χ1) is 9.11. The summed E-state index contributed by atoms with van der Waals surface area (Å²) in [6, 6.07) is 14.2. The Morgan fingerprint density at radius 2 is 1.84 bits per heavy atom. The zero-order valence-corrected chi connectivity index (χ0v) is 12.6. The highest BCUT2D eigenvalue weighted by molar-refractivity contribution is 7.98. The molecule has 3 N–H and O–H groups in total. The van der Waals surface area contributed by atoms with Crippen LogP contribution in [0.4, 0.5) is 11.4 Å². The van der Waals surface area contributed by atoms with Crippen molar-refractivity contribution in [1.29, 1.82) is 0 Å². The number of rotatable bonds is 4. The molecule has 2 rings (SSSR count). The standard InChI is InChI=1S/C15H16N2S2/c1-10-4-3-5-13(15(16)18)14(10)17-11-6-8-12(19-2)9-7-11/h3-9,17H,1-2H3,(H2,16,18). The fourth-order valence-corrected chi connectivity index (χ4v) is 2.44. The summed E-state index contributed by atoms with van der Waals surface area (Å²) < 4.78 is 0. The van der Waals surface area contributed by atoms with Crippen molar-refractivity contribution in [3.63, 3.8) is 0 Å². The maximum atomic E-state index is 5.77. The molecular weight excluding hydrogens is 272 g/mol. The minimum Gasteiger partial charge on any atom is -0.389 e. The Bertz CT molecular complexity index is 592. The van der Waals surface area contributed by atoms with Gasteiger partial charge in [0.05, 0.1) is 5.69 Å². The molecule has 0 saturated heterocycles. The van der Waals surface area contributed by atoms with E-state index in [0.29, 0.717) is 4.99 Å². The maximum Gasteiger partial charge on any atom is 0.106 e. The van der Waals surface area contributed by atoms with Gasteiger partial charge in [-0.25, -0.2) is 0 Å². The number of aryl methyl sites for hydroxylation is 1. The molecule has 0 radical (unpaired) electrons. The van der Waals surface area contributed by atoms with Crippen LogP contribution in [-0.4, -0.2) is 11.2 Å². The molecule has 0 amide bonds. The number of thiocarbonyl (C=S) groups is 1. The molecule has 0 aliphatic rings. The molecule has 0 spiro atoms. The monoisotopic (exact) mass is 288 g/mol. The van der Waals surface area contributed by atoms with Crippen LogP contribution in [0.25, 0.3) is 0 Å². The lowest BCUT2D eigenvalue weighted by Gasteiger charge is -2.14. The van der Waals surface area contributed by atoms with Crippen LogP contribution >= 0.6 is 24.0 Å². The van der Waals surface area contributed by atoms with E-state index in [2.05, 4.69) is 35.8 Å². The molecule has 0 heterocycles. The summed E-state index contributed by atoms with van der Waals surface area (Å²) in [5.41, 5.74) is 9.78. The lowest BCUT2D eigenvalue weighted by atomic mass is 10.1. The Labute approximate surface area is 123 Å². The van der Waals surface area contributed by atoms with Gasteiger partial charge < -0.3 is 11.1 Å². The molecule has 0 aliphatic heterocycles. The fourth-order valence-electron chi connectivity index (χ4n) is 1.86. The summed E-state index contributed by atoms with van der Waals surface area (Å²) in [6.07, 6.45) is 2.06. The van der Waals surface area contributed by atoms with Crippen LogP contribution in [0.2, 0.25) is 0 Å². The van der Waals surface area contributed by atoms with Gasteiger partial charge in [-0.3, -0.25) is 0 Å². The van der Waals surface area contributed by atoms with Gasteiger partial charge in [-0.1, -0.05) is 24.4 Å². The van der Waals surface area contributed by atoms with Crippen LogP contribution in [0.5, 0.6) is 0 Å². The molecule has 4 heteroatoms. The van der Waals surface area contributed by atoms with E-state index in [1.54, 1.807) is 11.8 Å². The van der Waals surface area contributed by atoms with Gasteiger partial charge in [0, 0.05) is 16.1 Å². The van der Waals surface area contributed by atoms with Gasteiger partial charge in [-0.15, -0.1) is 11.8 Å². The number of thioether (sulfide) groups is 1. The Balaban J connectivity index is 2.34. The first-order valence-corrected chi connectivity index (χ1v) is 7.55. The third-order valence-electron chi connectivity index (χ3n) is 2.90. The molecule has 0 atom stereocenters. The van der Waals surface area contributed by atoms with Gasteiger partial charge in [0.2, 0.25) is 0 Å². The zero-order chi connectivity index (χ0) is 13.8. The molecule has 0 bridgehead atoms. The summed E-state index contributed by atoms with van der Waals surface area (Å²) in [4.78, 5) is 1.65. The number of nitrogens with one attached hydrogen (secondary N) is 1. The molecule has 0 aromatic heterocycles. The average molecular weight is 288 g/mol. The van der Waals surface area contributed by atoms with Crippen LogP contribution < -0.4 is 11.1 Å². The van der Waals surface area contributed by atoms with Gasteiger partial charge in [0.15, 0.2) is 0 Å². The quantitative estimate of drug-likeness (QED) is 0.656. The van der Waals surface area contributed by atoms with Gasteiger partial charge in [0.1, 0.15) is 4.99 Å². The number of benzene rings is 2. The Hall–Kier alpha value is -1.52. The predicted molar refractivity (Wildman–Crippen MR) is 88.6 cm³/mol. The van der Waals surface area contributed by atoms with E-state index < -0.39 is 0 Å². The molecule has 19 heavy (non-hydrogen) atoms. The van der Waals surface area contributed by atoms with Gasteiger partial charge in [-0.2, -0.15) is 0 Å². The van der Waals surface area contributed by atoms with Crippen LogP contribution in [0, 0.1) is 6.92 Å². The fraction of sp³-hybridized carbons (Fsp3) is 0.133. The van der Waals surface area contributed by atoms with Crippen molar-refractivity contribution in [2.45, 2.75) is 11.8 Å². The van der Waals surface area contributed by atoms with Gasteiger partial charge >= 0.3 is 0 Å². The highest BCUT2D eigenvalue weighted by Crippen LogP contribution is 2.26. The predicted octanol–water partition coefficient (Wildman–Crippen LogP) is 4.09. The first-order valence-electron chi connectivity index (χ1n) is 5.92. The van der Waals surface area contributed by atoms with Crippen LogP contribution in [0.15, 0.2) is 47.4 Å². The van der Waals surface area contributed by atoms with Gasteiger partial charge in [-0.05, 0) is 49.1 Å². The van der Waals surface area contributed by atoms with Crippen molar-refractivity contribution in [2.75, 3.05) is 11.6 Å². The summed E-state index contributed by atoms with van der Waals surface area (Å²) >= 11 is 6.83. The molecular formula is C15H16N2S2. The van der Waals surface area contributed by atoms with E-state index in [4.69, 9.17) is 18.0 Å². The molecule has 0 unspecified atom stereocenters. The molecule has 0 aliphatic carbocycles. The SMILES string of the molecule is CSc1ccc(Nc2c(C)cccc2C(N)=S)cc1. The molecule has 2 aromatic rings. The largest absolute Gasteiger partial charge is 0.389 e. The van der Waals surface area contributed by atoms with Crippen LogP contribution in [0.3, 0.4) is 0 Å². The van der Waals surface area contributed by atoms with E-state index >= 15 is 0 Å². The number of anilines is 2. The van der Waals surface area contributed by atoms with E-state index in [1.165, 1.54) is 4.90 Å². The second-order valence-electron chi connectivity index (χ2n) is 4.22. The van der Waals surface area contributed by atoms with Crippen molar-refractivity contribution in [2.24, 2.45) is 5.73 Å². The molecule has 2 aromatic carbocycles. The topological polar surface area (TPSA) is 38.0 Å². The Morgan fingerprint density at radius 3 is 2.42 bits per heavy atom. The van der Waals surface area contributed by atoms with E-state index in [1.807, 2.05) is 25.1 Å². The molecule has 0 saturated carbocycles. The van der Waals surface area contributed by atoms with Crippen molar-refractivity contribution in [1.82, 2.24) is 0 Å². The molecule has 0 fully saturated rings. The Kier molecular flexibility index (Phi) is 4.45. The third kappa shape index (κ3) is 3.28. The van der Waals surface area contributed by atoms with Crippen molar-refractivity contribution in [3.05, 3.63) is 53.6 Å². The Morgan fingerprint density at radius 1 is 1.16 bits per heavy atom. The van der Waals surface area contributed by atoms with Crippen LogP contribution in [-0.2, 0) is 0 Å². The smallest absolute Gasteiger partial charge is 0.106 e. The van der Waals surface area contributed by atoms with E-state index in [-0.39, 0.29) is 0 Å². The van der Waals surface area contributed by atoms with Gasteiger partial charge in [0.25, 0.3) is 0 Å². The lowest BCUT2D eigenvalue weighted by molar-refractivity contribution is 1.39. The summed E-state index contributed by atoms with van der Waals surface area (Å²) in [7, 11) is 0. The molecule has 98 valence electrons. The summed E-state index contributed by atoms with van der Waals surface area (Å²) in [5.74, 6) is 0. The second kappa shape index (κ2) is 6.08. The lowest BCUT2D eigenvalue weighted by Crippen LogP contribution is -2.12. The van der Waals surface area contributed by atoms with Crippen molar-refractivity contribution in [3.8, 4) is 0 Å². The van der Waals surface area contributed by atoms with Crippen molar-refractivity contribution >= 4 is 40.3 Å². The highest BCUT2D eigenvalue weighted by atomic mass is 32.2. The minimum atomic E-state index is 0.409. The maximum absolute atomic E-state index is 5.77. The van der Waals surface area contributed by atoms with E-state index in [9.17, 15) is 0 Å². The number of nitrogens with two attached hydrogens (primary N) is 1. The normalized spacial score (nSPS) is 10.2. The van der Waals surface area contributed by atoms with E-state index in [0.717, 1.165) is 22.5 Å². The summed E-state index contributed by atoms with van der Waals surface area (Å²) in [5, 5.41) is 3.40. The highest BCUT2D eigenvalue weighted by Gasteiger charge is 2.08. The zero-order valence-electron chi connectivity index (χ0n) is 10.9. The summed E-state index contributed by atoms with van der Waals surface area (Å²) in [6.45, 7) is 2.04. The molecule has 2 nitrogen and oxygen atoms in total. The number of hydrogen-bond donors (Lipinski definition) is 2. The average Bonchev–Trinajstić information content (AvgIpc) is 2.41. The third-order valence-corrected chi connectivity index (χ3v) is 3.86. The first kappa shape index (κ1) is 13.9. The second-order valence-corrected chi connectivity index (χ2v) is 5.53. The van der Waals surface area contributed by atoms with Crippen molar-refractivity contribution < 1.29 is 0 Å². The minimum absolute atomic E-state index is 0.409.